The van der Waals surface area contributed by atoms with E-state index in [0.29, 0.717) is 26.0 Å². The zero-order valence-corrected chi connectivity index (χ0v) is 15.2. The van der Waals surface area contributed by atoms with E-state index in [1.807, 2.05) is 0 Å². The normalized spacial score (nSPS) is 23.6. The van der Waals surface area contributed by atoms with Gasteiger partial charge in [0.1, 0.15) is 11.6 Å². The van der Waals surface area contributed by atoms with Crippen molar-refractivity contribution >= 4 is 10.0 Å². The second-order valence-corrected chi connectivity index (χ2v) is 8.48. The molecular formula is C15H22N6O3S. The molecule has 0 aliphatic carbocycles. The molecule has 10 heteroatoms. The van der Waals surface area contributed by atoms with Gasteiger partial charge in [-0.2, -0.15) is 4.31 Å². The fraction of sp³-hybridized carbons (Fsp3) is 0.667. The molecule has 2 aliphatic rings. The number of methoxy groups -OCH3 is 1. The Kier molecular flexibility index (Phi) is 4.13. The van der Waals surface area contributed by atoms with Gasteiger partial charge in [-0.1, -0.05) is 0 Å². The number of ether oxygens (including phenoxy) is 1. The number of rotatable bonds is 5. The van der Waals surface area contributed by atoms with Gasteiger partial charge in [-0.25, -0.2) is 13.4 Å². The molecule has 4 rings (SSSR count). The minimum absolute atomic E-state index is 0.0854. The highest BCUT2D eigenvalue weighted by Gasteiger charge is 2.46. The maximum Gasteiger partial charge on any atom is 0.262 e. The predicted molar refractivity (Wildman–Crippen MR) is 88.3 cm³/mol. The maximum absolute atomic E-state index is 13.1. The summed E-state index contributed by atoms with van der Waals surface area (Å²) in [6, 6.07) is -0.173. The second kappa shape index (κ2) is 6.19. The fourth-order valence-corrected chi connectivity index (χ4v) is 5.69. The Labute approximate surface area is 146 Å². The van der Waals surface area contributed by atoms with Crippen LogP contribution in [0.15, 0.2) is 17.6 Å². The number of hydrogen-bond acceptors (Lipinski definition) is 6. The Balaban J connectivity index is 1.66. The lowest BCUT2D eigenvalue weighted by Crippen LogP contribution is -2.42. The van der Waals surface area contributed by atoms with E-state index in [2.05, 4.69) is 19.7 Å². The standard InChI is InChI=1S/C15H22N6O3S/c1-19-9-15(16-10-19)25(22,23)21-11-3-4-12(21)8-20-13(5-6-24-2)17-18-14(20)7-11/h9-12H,3-8H2,1-2H3. The van der Waals surface area contributed by atoms with Crippen molar-refractivity contribution in [3.05, 3.63) is 24.2 Å². The average molecular weight is 366 g/mol. The van der Waals surface area contributed by atoms with Crippen LogP contribution < -0.4 is 0 Å². The van der Waals surface area contributed by atoms with E-state index < -0.39 is 10.0 Å². The molecule has 2 unspecified atom stereocenters. The highest BCUT2D eigenvalue weighted by Crippen LogP contribution is 2.35. The Morgan fingerprint density at radius 3 is 2.80 bits per heavy atom. The number of imidazole rings is 1. The summed E-state index contributed by atoms with van der Waals surface area (Å²) in [6.07, 6.45) is 6.03. The Morgan fingerprint density at radius 1 is 1.28 bits per heavy atom. The van der Waals surface area contributed by atoms with Crippen molar-refractivity contribution in [3.63, 3.8) is 0 Å². The zero-order chi connectivity index (χ0) is 17.6. The van der Waals surface area contributed by atoms with Crippen molar-refractivity contribution in [2.75, 3.05) is 13.7 Å². The van der Waals surface area contributed by atoms with Crippen LogP contribution in [0.2, 0.25) is 0 Å². The minimum Gasteiger partial charge on any atom is -0.384 e. The molecule has 9 nitrogen and oxygen atoms in total. The number of aryl methyl sites for hydroxylation is 1. The first kappa shape index (κ1) is 16.7. The largest absolute Gasteiger partial charge is 0.384 e. The number of sulfonamides is 1. The van der Waals surface area contributed by atoms with Gasteiger partial charge in [-0.05, 0) is 12.8 Å². The molecule has 2 atom stereocenters. The molecule has 25 heavy (non-hydrogen) atoms. The van der Waals surface area contributed by atoms with Crippen molar-refractivity contribution in [2.24, 2.45) is 7.05 Å². The fourth-order valence-electron chi connectivity index (χ4n) is 3.86. The molecule has 0 amide bonds. The molecule has 2 aromatic rings. The monoisotopic (exact) mass is 366 g/mol. The zero-order valence-electron chi connectivity index (χ0n) is 14.4. The first-order chi connectivity index (χ1) is 12.0. The summed E-state index contributed by atoms with van der Waals surface area (Å²) in [5.41, 5.74) is 0. The smallest absolute Gasteiger partial charge is 0.262 e. The van der Waals surface area contributed by atoms with Crippen LogP contribution in [0.3, 0.4) is 0 Å². The quantitative estimate of drug-likeness (QED) is 0.738. The third kappa shape index (κ3) is 2.77. The summed E-state index contributed by atoms with van der Waals surface area (Å²) in [5, 5.41) is 8.68. The van der Waals surface area contributed by atoms with Crippen molar-refractivity contribution in [3.8, 4) is 0 Å². The van der Waals surface area contributed by atoms with Crippen LogP contribution in [-0.2, 0) is 41.2 Å². The molecule has 4 heterocycles. The van der Waals surface area contributed by atoms with Gasteiger partial charge in [0.15, 0.2) is 5.03 Å². The Hall–Kier alpha value is -1.78. The number of hydrogen-bond donors (Lipinski definition) is 0. The molecule has 1 saturated heterocycles. The predicted octanol–water partition coefficient (Wildman–Crippen LogP) is -0.0215. The van der Waals surface area contributed by atoms with Gasteiger partial charge in [0.25, 0.3) is 10.0 Å². The summed E-state index contributed by atoms with van der Waals surface area (Å²) in [6.45, 7) is 1.16. The van der Waals surface area contributed by atoms with E-state index in [0.717, 1.165) is 24.5 Å². The van der Waals surface area contributed by atoms with E-state index in [4.69, 9.17) is 4.74 Å². The van der Waals surface area contributed by atoms with Gasteiger partial charge < -0.3 is 13.9 Å². The van der Waals surface area contributed by atoms with Gasteiger partial charge in [0, 0.05) is 51.8 Å². The summed E-state index contributed by atoms with van der Waals surface area (Å²) >= 11 is 0. The van der Waals surface area contributed by atoms with Gasteiger partial charge in [0.05, 0.1) is 12.9 Å². The average Bonchev–Trinajstić information content (AvgIpc) is 3.24. The van der Waals surface area contributed by atoms with Crippen LogP contribution in [-0.4, -0.2) is 62.8 Å². The first-order valence-electron chi connectivity index (χ1n) is 8.42. The lowest BCUT2D eigenvalue weighted by molar-refractivity contribution is 0.199. The number of aromatic nitrogens is 5. The van der Waals surface area contributed by atoms with Crippen LogP contribution in [0.1, 0.15) is 24.5 Å². The highest BCUT2D eigenvalue weighted by molar-refractivity contribution is 7.89. The van der Waals surface area contributed by atoms with E-state index >= 15 is 0 Å². The van der Waals surface area contributed by atoms with Gasteiger partial charge in [-0.3, -0.25) is 0 Å². The number of nitrogens with zero attached hydrogens (tertiary/aromatic N) is 6. The van der Waals surface area contributed by atoms with Crippen LogP contribution in [0.5, 0.6) is 0 Å². The van der Waals surface area contributed by atoms with Crippen molar-refractivity contribution in [2.45, 2.75) is 49.3 Å². The molecule has 1 fully saturated rings. The molecule has 0 N–H and O–H groups in total. The molecular weight excluding hydrogens is 344 g/mol. The van der Waals surface area contributed by atoms with E-state index in [-0.39, 0.29) is 17.1 Å². The lowest BCUT2D eigenvalue weighted by Gasteiger charge is -2.26. The van der Waals surface area contributed by atoms with Gasteiger partial charge >= 0.3 is 0 Å². The second-order valence-electron chi connectivity index (χ2n) is 6.69. The van der Waals surface area contributed by atoms with Crippen LogP contribution >= 0.6 is 0 Å². The van der Waals surface area contributed by atoms with Crippen LogP contribution in [0.25, 0.3) is 0 Å². The summed E-state index contributed by atoms with van der Waals surface area (Å²) in [7, 11) is -0.185. The van der Waals surface area contributed by atoms with E-state index in [9.17, 15) is 8.42 Å². The SMILES string of the molecule is COCCc1nnc2n1CC1CCC(C2)N1S(=O)(=O)c1cn(C)cn1. The molecule has 0 radical (unpaired) electrons. The third-order valence-electron chi connectivity index (χ3n) is 5.02. The molecule has 0 spiro atoms. The van der Waals surface area contributed by atoms with Crippen LogP contribution in [0, 0.1) is 0 Å². The first-order valence-corrected chi connectivity index (χ1v) is 9.86. The third-order valence-corrected chi connectivity index (χ3v) is 6.91. The molecule has 0 saturated carbocycles. The summed E-state index contributed by atoms with van der Waals surface area (Å²) < 4.78 is 36.8. The van der Waals surface area contributed by atoms with Gasteiger partial charge in [0.2, 0.25) is 0 Å². The van der Waals surface area contributed by atoms with Crippen LogP contribution in [0.4, 0.5) is 0 Å². The van der Waals surface area contributed by atoms with E-state index in [1.54, 1.807) is 29.2 Å². The minimum atomic E-state index is -3.61. The summed E-state index contributed by atoms with van der Waals surface area (Å²) in [5.74, 6) is 1.72. The summed E-state index contributed by atoms with van der Waals surface area (Å²) in [4.78, 5) is 4.07. The highest BCUT2D eigenvalue weighted by atomic mass is 32.2. The van der Waals surface area contributed by atoms with Crippen molar-refractivity contribution < 1.29 is 13.2 Å². The topological polar surface area (TPSA) is 95.1 Å². The maximum atomic E-state index is 13.1. The lowest BCUT2D eigenvalue weighted by atomic mass is 10.1. The Morgan fingerprint density at radius 2 is 2.08 bits per heavy atom. The molecule has 136 valence electrons. The Bertz CT molecular complexity index is 874. The van der Waals surface area contributed by atoms with Crippen molar-refractivity contribution in [1.29, 1.82) is 0 Å². The number of fused-ring (bicyclic) bond motifs is 3. The van der Waals surface area contributed by atoms with Gasteiger partial charge in [-0.15, -0.1) is 10.2 Å². The molecule has 2 bridgehead atoms. The van der Waals surface area contributed by atoms with E-state index in [1.165, 1.54) is 6.33 Å². The molecule has 2 aliphatic heterocycles. The van der Waals surface area contributed by atoms with Crippen molar-refractivity contribution in [1.82, 2.24) is 28.6 Å². The molecule has 0 aromatic carbocycles. The molecule has 2 aromatic heterocycles.